The maximum absolute atomic E-state index is 11.7. The van der Waals surface area contributed by atoms with E-state index in [0.29, 0.717) is 4.90 Å². The quantitative estimate of drug-likeness (QED) is 0.888. The third-order valence-corrected chi connectivity index (χ3v) is 4.47. The van der Waals surface area contributed by atoms with Crippen LogP contribution in [0.5, 0.6) is 0 Å². The summed E-state index contributed by atoms with van der Waals surface area (Å²) in [5.41, 5.74) is 1.96. The lowest BCUT2D eigenvalue weighted by Crippen LogP contribution is -2.06. The monoisotopic (exact) mass is 306 g/mol. The first-order valence-corrected chi connectivity index (χ1v) is 9.22. The summed E-state index contributed by atoms with van der Waals surface area (Å²) >= 11 is 0. The van der Waals surface area contributed by atoms with Crippen molar-refractivity contribution in [2.75, 3.05) is 18.1 Å². The lowest BCUT2D eigenvalue weighted by atomic mass is 10.1. The van der Waals surface area contributed by atoms with Crippen molar-refractivity contribution in [3.05, 3.63) is 29.8 Å². The number of nitrogens with zero attached hydrogens (tertiary/aromatic N) is 1. The lowest BCUT2D eigenvalue weighted by Gasteiger charge is -2.12. The molecule has 0 amide bonds. The molecule has 0 fully saturated rings. The van der Waals surface area contributed by atoms with Crippen LogP contribution >= 0.6 is 0 Å². The van der Waals surface area contributed by atoms with Gasteiger partial charge >= 0.3 is 0 Å². The van der Waals surface area contributed by atoms with Gasteiger partial charge in [0.2, 0.25) is 0 Å². The maximum Gasteiger partial charge on any atom is 0.175 e. The average Bonchev–Trinajstić information content (AvgIpc) is 2.43. The van der Waals surface area contributed by atoms with E-state index in [1.807, 2.05) is 0 Å². The Labute approximate surface area is 126 Å². The molecule has 0 aliphatic heterocycles. The molecule has 2 rings (SSSR count). The number of nitrogens with one attached hydrogen (secondary N) is 1. The van der Waals surface area contributed by atoms with E-state index in [9.17, 15) is 8.42 Å². The summed E-state index contributed by atoms with van der Waals surface area (Å²) in [7, 11) is -3.19. The topological polar surface area (TPSA) is 59.1 Å². The molecule has 0 unspecified atom stereocenters. The van der Waals surface area contributed by atoms with Crippen LogP contribution in [0.15, 0.2) is 29.2 Å². The fraction of sp³-hybridized carbons (Fsp3) is 0.438. The van der Waals surface area contributed by atoms with Gasteiger partial charge in [0.25, 0.3) is 0 Å². The van der Waals surface area contributed by atoms with Crippen LogP contribution in [0.2, 0.25) is 0 Å². The highest BCUT2D eigenvalue weighted by atomic mass is 32.2. The summed E-state index contributed by atoms with van der Waals surface area (Å²) in [4.78, 5) is 4.99. The molecule has 114 valence electrons. The Hall–Kier alpha value is -1.62. The molecular weight excluding hydrogens is 284 g/mol. The van der Waals surface area contributed by atoms with Gasteiger partial charge in [0, 0.05) is 18.2 Å². The molecule has 1 aromatic heterocycles. The number of aryl methyl sites for hydroxylation is 1. The lowest BCUT2D eigenvalue weighted by molar-refractivity contribution is 0.602. The first-order valence-electron chi connectivity index (χ1n) is 7.33. The number of hydrogen-bond donors (Lipinski definition) is 1. The zero-order valence-corrected chi connectivity index (χ0v) is 13.6. The number of rotatable bonds is 6. The van der Waals surface area contributed by atoms with Crippen LogP contribution in [0.1, 0.15) is 32.3 Å². The van der Waals surface area contributed by atoms with E-state index in [-0.39, 0.29) is 0 Å². The van der Waals surface area contributed by atoms with Crippen molar-refractivity contribution in [3.63, 3.8) is 0 Å². The average molecular weight is 306 g/mol. The van der Waals surface area contributed by atoms with Gasteiger partial charge < -0.3 is 5.32 Å². The highest BCUT2D eigenvalue weighted by Crippen LogP contribution is 2.24. The van der Waals surface area contributed by atoms with E-state index >= 15 is 0 Å². The first-order chi connectivity index (χ1) is 9.95. The number of hydrogen-bond acceptors (Lipinski definition) is 4. The molecule has 0 spiro atoms. The second kappa shape index (κ2) is 6.43. The van der Waals surface area contributed by atoms with E-state index in [1.165, 1.54) is 6.26 Å². The molecule has 0 atom stereocenters. The standard InChI is InChI=1S/C16H22N2O2S/c1-4-6-12-10-13-11-14(21(3,19)20)7-8-15(13)18-16(12)17-9-5-2/h7-8,10-11H,4-6,9H2,1-3H3,(H,17,18). The number of benzene rings is 1. The van der Waals surface area contributed by atoms with Crippen molar-refractivity contribution < 1.29 is 8.42 Å². The molecular formula is C16H22N2O2S. The number of fused-ring (bicyclic) bond motifs is 1. The van der Waals surface area contributed by atoms with Crippen molar-refractivity contribution in [3.8, 4) is 0 Å². The minimum absolute atomic E-state index is 0.341. The van der Waals surface area contributed by atoms with E-state index in [1.54, 1.807) is 18.2 Å². The molecule has 2 aromatic rings. The number of sulfone groups is 1. The predicted octanol–water partition coefficient (Wildman–Crippen LogP) is 3.41. The molecule has 1 heterocycles. The van der Waals surface area contributed by atoms with Crippen molar-refractivity contribution in [1.29, 1.82) is 0 Å². The van der Waals surface area contributed by atoms with Gasteiger partial charge in [-0.3, -0.25) is 0 Å². The van der Waals surface area contributed by atoms with Gasteiger partial charge in [-0.2, -0.15) is 0 Å². The van der Waals surface area contributed by atoms with E-state index in [2.05, 4.69) is 30.2 Å². The maximum atomic E-state index is 11.7. The summed E-state index contributed by atoms with van der Waals surface area (Å²) in [6, 6.07) is 7.16. The van der Waals surface area contributed by atoms with Crippen LogP contribution in [-0.4, -0.2) is 26.2 Å². The molecule has 4 nitrogen and oxygen atoms in total. The Kier molecular flexibility index (Phi) is 4.83. The van der Waals surface area contributed by atoms with Gasteiger partial charge in [0.15, 0.2) is 9.84 Å². The normalized spacial score (nSPS) is 11.8. The van der Waals surface area contributed by atoms with Crippen molar-refractivity contribution >= 4 is 26.6 Å². The first kappa shape index (κ1) is 15.8. The molecule has 0 bridgehead atoms. The molecule has 0 radical (unpaired) electrons. The van der Waals surface area contributed by atoms with Gasteiger partial charge in [-0.05, 0) is 42.7 Å². The third kappa shape index (κ3) is 3.73. The predicted molar refractivity (Wildman–Crippen MR) is 87.6 cm³/mol. The fourth-order valence-corrected chi connectivity index (χ4v) is 2.94. The van der Waals surface area contributed by atoms with Crippen LogP contribution < -0.4 is 5.32 Å². The van der Waals surface area contributed by atoms with Gasteiger partial charge in [0.05, 0.1) is 10.4 Å². The van der Waals surface area contributed by atoms with Crippen molar-refractivity contribution in [2.24, 2.45) is 0 Å². The van der Waals surface area contributed by atoms with Crippen LogP contribution in [0, 0.1) is 0 Å². The van der Waals surface area contributed by atoms with E-state index in [0.717, 1.165) is 48.1 Å². The Morgan fingerprint density at radius 3 is 2.52 bits per heavy atom. The largest absolute Gasteiger partial charge is 0.370 e. The zero-order chi connectivity index (χ0) is 15.5. The minimum Gasteiger partial charge on any atom is -0.370 e. The highest BCUT2D eigenvalue weighted by molar-refractivity contribution is 7.90. The zero-order valence-electron chi connectivity index (χ0n) is 12.8. The Morgan fingerprint density at radius 2 is 1.90 bits per heavy atom. The summed E-state index contributed by atoms with van der Waals surface area (Å²) in [6.07, 6.45) is 4.22. The third-order valence-electron chi connectivity index (χ3n) is 3.36. The summed E-state index contributed by atoms with van der Waals surface area (Å²) < 4.78 is 23.3. The SMILES string of the molecule is CCCNc1nc2ccc(S(C)(=O)=O)cc2cc1CCC. The Bertz CT molecular complexity index is 739. The van der Waals surface area contributed by atoms with Crippen LogP contribution in [0.3, 0.4) is 0 Å². The number of aromatic nitrogens is 1. The number of anilines is 1. The van der Waals surface area contributed by atoms with Gasteiger partial charge in [-0.15, -0.1) is 0 Å². The summed E-state index contributed by atoms with van der Waals surface area (Å²) in [5.74, 6) is 0.915. The van der Waals surface area contributed by atoms with Crippen LogP contribution in [-0.2, 0) is 16.3 Å². The van der Waals surface area contributed by atoms with Crippen LogP contribution in [0.4, 0.5) is 5.82 Å². The van der Waals surface area contributed by atoms with Crippen molar-refractivity contribution in [2.45, 2.75) is 38.0 Å². The van der Waals surface area contributed by atoms with Crippen molar-refractivity contribution in [1.82, 2.24) is 4.98 Å². The smallest absolute Gasteiger partial charge is 0.175 e. The highest BCUT2D eigenvalue weighted by Gasteiger charge is 2.11. The molecule has 5 heteroatoms. The molecule has 1 N–H and O–H groups in total. The van der Waals surface area contributed by atoms with Gasteiger partial charge in [-0.1, -0.05) is 20.3 Å². The second-order valence-electron chi connectivity index (χ2n) is 5.30. The minimum atomic E-state index is -3.19. The van der Waals surface area contributed by atoms with E-state index < -0.39 is 9.84 Å². The Balaban J connectivity index is 2.54. The molecule has 0 saturated carbocycles. The molecule has 1 aromatic carbocycles. The van der Waals surface area contributed by atoms with Crippen LogP contribution in [0.25, 0.3) is 10.9 Å². The second-order valence-corrected chi connectivity index (χ2v) is 7.32. The molecule has 0 saturated heterocycles. The summed E-state index contributed by atoms with van der Waals surface area (Å²) in [5, 5.41) is 4.23. The fourth-order valence-electron chi connectivity index (χ4n) is 2.29. The molecule has 0 aliphatic carbocycles. The Morgan fingerprint density at radius 1 is 1.14 bits per heavy atom. The molecule has 21 heavy (non-hydrogen) atoms. The van der Waals surface area contributed by atoms with Gasteiger partial charge in [0.1, 0.15) is 5.82 Å². The van der Waals surface area contributed by atoms with E-state index in [4.69, 9.17) is 0 Å². The number of pyridine rings is 1. The van der Waals surface area contributed by atoms with Gasteiger partial charge in [-0.25, -0.2) is 13.4 Å². The molecule has 0 aliphatic rings. The summed E-state index contributed by atoms with van der Waals surface area (Å²) in [6.45, 7) is 5.13.